The number of nitrogens with one attached hydrogen (secondary N) is 2. The van der Waals surface area contributed by atoms with Gasteiger partial charge in [0.25, 0.3) is 11.8 Å². The molecule has 0 saturated carbocycles. The van der Waals surface area contributed by atoms with Crippen molar-refractivity contribution in [3.05, 3.63) is 75.8 Å². The first-order chi connectivity index (χ1) is 15.2. The Hall–Kier alpha value is -3.60. The molecule has 4 N–H and O–H groups in total. The molecule has 2 amide bonds. The van der Waals surface area contributed by atoms with E-state index in [2.05, 4.69) is 15.0 Å². The van der Waals surface area contributed by atoms with Crippen LogP contribution >= 0.6 is 11.5 Å². The van der Waals surface area contributed by atoms with Crippen molar-refractivity contribution in [1.82, 2.24) is 15.0 Å². The molecular weight excluding hydrogens is 445 g/mol. The van der Waals surface area contributed by atoms with E-state index in [0.29, 0.717) is 11.3 Å². The van der Waals surface area contributed by atoms with Crippen molar-refractivity contribution in [2.24, 2.45) is 0 Å². The third-order valence-electron chi connectivity index (χ3n) is 4.50. The molecule has 0 aliphatic rings. The van der Waals surface area contributed by atoms with Crippen LogP contribution in [0.1, 0.15) is 36.9 Å². The summed E-state index contributed by atoms with van der Waals surface area (Å²) in [7, 11) is 1.55. The molecule has 0 aliphatic carbocycles. The Labute approximate surface area is 185 Å². The van der Waals surface area contributed by atoms with Crippen molar-refractivity contribution in [3.8, 4) is 5.75 Å². The molecule has 0 spiro atoms. The van der Waals surface area contributed by atoms with E-state index in [4.69, 9.17) is 10.5 Å². The van der Waals surface area contributed by atoms with Crippen molar-refractivity contribution in [3.63, 3.8) is 0 Å². The number of halogens is 3. The fraction of sp³-hybridized carbons (Fsp3) is 0.190. The van der Waals surface area contributed by atoms with Crippen LogP contribution in [0.5, 0.6) is 5.75 Å². The molecule has 7 nitrogen and oxygen atoms in total. The van der Waals surface area contributed by atoms with E-state index in [-0.39, 0.29) is 29.3 Å². The first kappa shape index (κ1) is 23.1. The van der Waals surface area contributed by atoms with Gasteiger partial charge in [-0.25, -0.2) is 0 Å². The van der Waals surface area contributed by atoms with E-state index in [1.807, 2.05) is 0 Å². The summed E-state index contributed by atoms with van der Waals surface area (Å²) in [5, 5.41) is 5.24. The average molecular weight is 464 g/mol. The summed E-state index contributed by atoms with van der Waals surface area (Å²) in [4.78, 5) is 24.8. The quantitative estimate of drug-likeness (QED) is 0.495. The van der Waals surface area contributed by atoms with Crippen LogP contribution in [0.15, 0.2) is 48.5 Å². The van der Waals surface area contributed by atoms with E-state index < -0.39 is 23.6 Å². The molecular formula is C21H19F3N4O3S. The molecule has 2 aromatic carbocycles. The number of amides is 2. The number of anilines is 1. The number of rotatable bonds is 7. The molecule has 1 aromatic heterocycles. The van der Waals surface area contributed by atoms with Crippen molar-refractivity contribution >= 4 is 29.0 Å². The Morgan fingerprint density at radius 2 is 1.50 bits per heavy atom. The van der Waals surface area contributed by atoms with Gasteiger partial charge in [-0.2, -0.15) is 17.5 Å². The molecule has 0 radical (unpaired) electrons. The van der Waals surface area contributed by atoms with Gasteiger partial charge in [0.05, 0.1) is 18.4 Å². The molecule has 3 aromatic rings. The Morgan fingerprint density at radius 1 is 0.969 bits per heavy atom. The van der Waals surface area contributed by atoms with E-state index in [9.17, 15) is 22.8 Å². The van der Waals surface area contributed by atoms with Gasteiger partial charge in [0.15, 0.2) is 5.69 Å². The minimum Gasteiger partial charge on any atom is -0.497 e. The Bertz CT molecular complexity index is 1100. The number of carbonyl (C=O) groups excluding carboxylic acids is 2. The number of nitrogen functional groups attached to an aromatic ring is 1. The van der Waals surface area contributed by atoms with E-state index >= 15 is 0 Å². The lowest BCUT2D eigenvalue weighted by molar-refractivity contribution is -0.137. The summed E-state index contributed by atoms with van der Waals surface area (Å²) < 4.78 is 46.9. The fourth-order valence-corrected chi connectivity index (χ4v) is 3.42. The molecule has 3 rings (SSSR count). The zero-order chi connectivity index (χ0) is 23.3. The second-order valence-electron chi connectivity index (χ2n) is 6.68. The zero-order valence-electron chi connectivity index (χ0n) is 16.8. The standard InChI is InChI=1S/C21H19F3N4O3S/c1-31-15-8-4-13(5-9-15)10-26-19(29)17-16(25)18(32-28-17)20(30)27-11-12-2-6-14(7-3-12)21(22,23)24/h2-9H,10-11,25H2,1H3,(H,26,29)(H,27,30). The van der Waals surface area contributed by atoms with Crippen LogP contribution in [0.4, 0.5) is 18.9 Å². The summed E-state index contributed by atoms with van der Waals surface area (Å²) in [6.45, 7) is 0.225. The smallest absolute Gasteiger partial charge is 0.416 e. The normalized spacial score (nSPS) is 11.1. The maximum atomic E-state index is 12.6. The van der Waals surface area contributed by atoms with Gasteiger partial charge in [0.2, 0.25) is 0 Å². The number of benzene rings is 2. The lowest BCUT2D eigenvalue weighted by Crippen LogP contribution is -2.25. The van der Waals surface area contributed by atoms with Crippen LogP contribution in [0.25, 0.3) is 0 Å². The van der Waals surface area contributed by atoms with Gasteiger partial charge >= 0.3 is 6.18 Å². The van der Waals surface area contributed by atoms with E-state index in [1.165, 1.54) is 12.1 Å². The number of ether oxygens (including phenoxy) is 1. The van der Waals surface area contributed by atoms with Gasteiger partial charge in [-0.15, -0.1) is 0 Å². The highest BCUT2D eigenvalue weighted by Crippen LogP contribution is 2.29. The van der Waals surface area contributed by atoms with Gasteiger partial charge in [-0.1, -0.05) is 24.3 Å². The topological polar surface area (TPSA) is 106 Å². The molecule has 0 atom stereocenters. The molecule has 0 fully saturated rings. The highest BCUT2D eigenvalue weighted by Gasteiger charge is 2.30. The highest BCUT2D eigenvalue weighted by molar-refractivity contribution is 7.09. The summed E-state index contributed by atoms with van der Waals surface area (Å²) in [5.41, 5.74) is 6.34. The van der Waals surface area contributed by atoms with Gasteiger partial charge in [-0.05, 0) is 46.9 Å². The summed E-state index contributed by atoms with van der Waals surface area (Å²) in [5.74, 6) is -0.416. The molecule has 0 saturated heterocycles. The Morgan fingerprint density at radius 3 is 2.03 bits per heavy atom. The first-order valence-electron chi connectivity index (χ1n) is 9.29. The molecule has 168 valence electrons. The number of methoxy groups -OCH3 is 1. The number of nitrogens with zero attached hydrogens (tertiary/aromatic N) is 1. The molecule has 0 aliphatic heterocycles. The minimum absolute atomic E-state index is 0.00664. The van der Waals surface area contributed by atoms with Crippen LogP contribution in [0, 0.1) is 0 Å². The summed E-state index contributed by atoms with van der Waals surface area (Å²) in [6.07, 6.45) is -4.43. The Kier molecular flexibility index (Phi) is 6.98. The zero-order valence-corrected chi connectivity index (χ0v) is 17.6. The van der Waals surface area contributed by atoms with Gasteiger partial charge in [-0.3, -0.25) is 9.59 Å². The monoisotopic (exact) mass is 464 g/mol. The average Bonchev–Trinajstić information content (AvgIpc) is 3.17. The predicted octanol–water partition coefficient (Wildman–Crippen LogP) is 3.61. The second kappa shape index (κ2) is 9.69. The summed E-state index contributed by atoms with van der Waals surface area (Å²) in [6, 6.07) is 11.5. The van der Waals surface area contributed by atoms with Crippen molar-refractivity contribution in [2.45, 2.75) is 19.3 Å². The third kappa shape index (κ3) is 5.55. The van der Waals surface area contributed by atoms with E-state index in [0.717, 1.165) is 29.2 Å². The van der Waals surface area contributed by atoms with Crippen molar-refractivity contribution in [1.29, 1.82) is 0 Å². The molecule has 1 heterocycles. The van der Waals surface area contributed by atoms with Gasteiger partial charge < -0.3 is 21.1 Å². The number of nitrogens with two attached hydrogens (primary N) is 1. The van der Waals surface area contributed by atoms with E-state index in [1.54, 1.807) is 31.4 Å². The second-order valence-corrected chi connectivity index (χ2v) is 7.46. The van der Waals surface area contributed by atoms with Crippen molar-refractivity contribution < 1.29 is 27.5 Å². The summed E-state index contributed by atoms with van der Waals surface area (Å²) >= 11 is 0.767. The minimum atomic E-state index is -4.43. The van der Waals surface area contributed by atoms with Crippen LogP contribution in [-0.2, 0) is 19.3 Å². The number of carbonyl (C=O) groups is 2. The highest BCUT2D eigenvalue weighted by atomic mass is 32.1. The maximum absolute atomic E-state index is 12.6. The maximum Gasteiger partial charge on any atom is 0.416 e. The third-order valence-corrected chi connectivity index (χ3v) is 5.36. The predicted molar refractivity (Wildman–Crippen MR) is 113 cm³/mol. The molecule has 0 bridgehead atoms. The fourth-order valence-electron chi connectivity index (χ4n) is 2.71. The number of aromatic nitrogens is 1. The molecule has 0 unspecified atom stereocenters. The van der Waals surface area contributed by atoms with Crippen LogP contribution < -0.4 is 21.1 Å². The SMILES string of the molecule is COc1ccc(CNC(=O)c2nsc(C(=O)NCc3ccc(C(F)(F)F)cc3)c2N)cc1. The van der Waals surface area contributed by atoms with Gasteiger partial charge in [0.1, 0.15) is 10.6 Å². The first-order valence-corrected chi connectivity index (χ1v) is 10.1. The Balaban J connectivity index is 1.58. The lowest BCUT2D eigenvalue weighted by atomic mass is 10.1. The van der Waals surface area contributed by atoms with Crippen molar-refractivity contribution in [2.75, 3.05) is 12.8 Å². The van der Waals surface area contributed by atoms with Crippen LogP contribution in [0.3, 0.4) is 0 Å². The van der Waals surface area contributed by atoms with Gasteiger partial charge in [0, 0.05) is 13.1 Å². The van der Waals surface area contributed by atoms with Crippen LogP contribution in [0.2, 0.25) is 0 Å². The largest absolute Gasteiger partial charge is 0.497 e. The van der Waals surface area contributed by atoms with Crippen LogP contribution in [-0.4, -0.2) is 23.3 Å². The number of hydrogen-bond donors (Lipinski definition) is 3. The lowest BCUT2D eigenvalue weighted by Gasteiger charge is -2.08. The molecule has 32 heavy (non-hydrogen) atoms. The number of hydrogen-bond acceptors (Lipinski definition) is 6. The number of alkyl halides is 3. The molecule has 11 heteroatoms.